The molecule has 0 aliphatic rings. The number of carbonyl (C=O) groups excluding carboxylic acids is 3. The van der Waals surface area contributed by atoms with Crippen LogP contribution in [0.2, 0.25) is 0 Å². The average Bonchev–Trinajstić information content (AvgIpc) is 3.42. The number of carboxylic acids is 1. The number of hydrogen-bond donors (Lipinski definition) is 0. The normalized spacial score (nSPS) is 12.9. The van der Waals surface area contributed by atoms with Gasteiger partial charge in [-0.1, -0.05) is 307 Å². The molecule has 9 nitrogen and oxygen atoms in total. The van der Waals surface area contributed by atoms with E-state index in [1.165, 1.54) is 257 Å². The molecular formula is C70H131NO8. The lowest BCUT2D eigenvalue weighted by molar-refractivity contribution is -0.870. The van der Waals surface area contributed by atoms with Crippen molar-refractivity contribution in [1.29, 1.82) is 0 Å². The number of carboxylic acid groups (broad SMARTS) is 1. The van der Waals surface area contributed by atoms with Crippen molar-refractivity contribution >= 4 is 17.9 Å². The van der Waals surface area contributed by atoms with E-state index in [-0.39, 0.29) is 32.2 Å². The van der Waals surface area contributed by atoms with Gasteiger partial charge in [0.2, 0.25) is 0 Å². The molecule has 0 bridgehead atoms. The number of likely N-dealkylation sites (N-methyl/N-ethyl adjacent to an activating group) is 1. The molecule has 464 valence electrons. The maximum atomic E-state index is 12.9. The van der Waals surface area contributed by atoms with Crippen LogP contribution >= 0.6 is 0 Å². The summed E-state index contributed by atoms with van der Waals surface area (Å²) in [7, 11) is 5.94. The van der Waals surface area contributed by atoms with Gasteiger partial charge in [0.1, 0.15) is 13.2 Å². The fraction of sp³-hybridized carbons (Fsp3) is 0.871. The quantitative estimate of drug-likeness (QED) is 0.0195. The molecule has 0 rings (SSSR count). The summed E-state index contributed by atoms with van der Waals surface area (Å²) in [6.07, 6.45) is 73.6. The van der Waals surface area contributed by atoms with Crippen LogP contribution in [0.5, 0.6) is 0 Å². The molecule has 0 aromatic carbocycles. The van der Waals surface area contributed by atoms with Gasteiger partial charge in [-0.25, -0.2) is 0 Å². The van der Waals surface area contributed by atoms with Gasteiger partial charge in [0.15, 0.2) is 12.4 Å². The van der Waals surface area contributed by atoms with Crippen LogP contribution < -0.4 is 5.11 Å². The predicted molar refractivity (Wildman–Crippen MR) is 334 cm³/mol. The van der Waals surface area contributed by atoms with Crippen LogP contribution in [0.4, 0.5) is 0 Å². The van der Waals surface area contributed by atoms with Gasteiger partial charge in [-0.2, -0.15) is 0 Å². The van der Waals surface area contributed by atoms with Crippen LogP contribution in [-0.4, -0.2) is 82.3 Å². The first kappa shape index (κ1) is 76.5. The van der Waals surface area contributed by atoms with Crippen molar-refractivity contribution in [3.05, 3.63) is 36.5 Å². The fourth-order valence-electron chi connectivity index (χ4n) is 10.1. The molecule has 0 N–H and O–H groups in total. The fourth-order valence-corrected chi connectivity index (χ4v) is 10.1. The van der Waals surface area contributed by atoms with Crippen LogP contribution in [0.3, 0.4) is 0 Å². The lowest BCUT2D eigenvalue weighted by atomic mass is 10.0. The average molecular weight is 1110 g/mol. The van der Waals surface area contributed by atoms with E-state index in [1.807, 2.05) is 21.1 Å². The lowest BCUT2D eigenvalue weighted by Gasteiger charge is -2.26. The lowest BCUT2D eigenvalue weighted by Crippen LogP contribution is -2.44. The van der Waals surface area contributed by atoms with Gasteiger partial charge in [-0.3, -0.25) is 9.59 Å². The van der Waals surface area contributed by atoms with Gasteiger partial charge in [-0.05, 0) is 51.4 Å². The zero-order valence-electron chi connectivity index (χ0n) is 53.0. The summed E-state index contributed by atoms with van der Waals surface area (Å²) in [5.74, 6) is -2.26. The molecule has 0 heterocycles. The Morgan fingerprint density at radius 2 is 0.684 bits per heavy atom. The second-order valence-electron chi connectivity index (χ2n) is 24.5. The number of aliphatic carboxylic acids is 1. The molecule has 0 aliphatic carbocycles. The number of carbonyl (C=O) groups is 3. The molecule has 0 spiro atoms. The summed E-state index contributed by atoms with van der Waals surface area (Å²) in [5.41, 5.74) is 0. The van der Waals surface area contributed by atoms with Gasteiger partial charge in [0.05, 0.1) is 40.3 Å². The minimum Gasteiger partial charge on any atom is -0.545 e. The number of unbranched alkanes of at least 4 members (excludes halogenated alkanes) is 43. The van der Waals surface area contributed by atoms with Gasteiger partial charge in [0.25, 0.3) is 0 Å². The van der Waals surface area contributed by atoms with E-state index in [1.54, 1.807) is 0 Å². The van der Waals surface area contributed by atoms with Crippen LogP contribution in [-0.2, 0) is 33.3 Å². The molecule has 0 amide bonds. The number of nitrogens with zero attached hydrogens (tertiary/aromatic N) is 1. The van der Waals surface area contributed by atoms with E-state index >= 15 is 0 Å². The molecule has 0 saturated carbocycles. The SMILES string of the molecule is CCCCCCC/C=C\C/C=C\C/C=C\CCCCCCCCCCCCCCCCCCC(=O)OC(COC(=O)CCCCCCCCCCCCCCCCCCCCCCCCC)COC(OCC[N+](C)(C)C)C(=O)[O-]. The van der Waals surface area contributed by atoms with Gasteiger partial charge >= 0.3 is 11.9 Å². The Morgan fingerprint density at radius 3 is 1.01 bits per heavy atom. The first-order valence-electron chi connectivity index (χ1n) is 34.1. The number of ether oxygens (including phenoxy) is 4. The van der Waals surface area contributed by atoms with E-state index in [0.29, 0.717) is 23.9 Å². The second-order valence-corrected chi connectivity index (χ2v) is 24.5. The summed E-state index contributed by atoms with van der Waals surface area (Å²) in [4.78, 5) is 37.4. The van der Waals surface area contributed by atoms with Crippen molar-refractivity contribution in [2.24, 2.45) is 0 Å². The Balaban J connectivity index is 4.09. The summed E-state index contributed by atoms with van der Waals surface area (Å²) in [6.45, 7) is 4.80. The summed E-state index contributed by atoms with van der Waals surface area (Å²) >= 11 is 0. The molecular weight excluding hydrogens is 983 g/mol. The molecule has 0 aromatic heterocycles. The van der Waals surface area contributed by atoms with Crippen molar-refractivity contribution in [3.63, 3.8) is 0 Å². The van der Waals surface area contributed by atoms with Crippen LogP contribution in [0.15, 0.2) is 36.5 Å². The van der Waals surface area contributed by atoms with Crippen LogP contribution in [0.1, 0.15) is 335 Å². The summed E-state index contributed by atoms with van der Waals surface area (Å²) < 4.78 is 22.8. The van der Waals surface area contributed by atoms with Gasteiger partial charge in [0, 0.05) is 12.8 Å². The van der Waals surface area contributed by atoms with Crippen LogP contribution in [0.25, 0.3) is 0 Å². The van der Waals surface area contributed by atoms with Crippen molar-refractivity contribution in [2.45, 2.75) is 347 Å². The number of rotatable bonds is 64. The molecule has 2 atom stereocenters. The molecule has 0 fully saturated rings. The zero-order valence-corrected chi connectivity index (χ0v) is 53.0. The zero-order chi connectivity index (χ0) is 57.6. The van der Waals surface area contributed by atoms with Gasteiger partial charge < -0.3 is 33.3 Å². The highest BCUT2D eigenvalue weighted by Gasteiger charge is 2.22. The van der Waals surface area contributed by atoms with Crippen LogP contribution in [0, 0.1) is 0 Å². The molecule has 79 heavy (non-hydrogen) atoms. The van der Waals surface area contributed by atoms with Crippen molar-refractivity contribution in [1.82, 2.24) is 0 Å². The van der Waals surface area contributed by atoms with Crippen molar-refractivity contribution in [3.8, 4) is 0 Å². The molecule has 0 aliphatic heterocycles. The number of esters is 2. The number of hydrogen-bond acceptors (Lipinski definition) is 8. The minimum absolute atomic E-state index is 0.150. The highest BCUT2D eigenvalue weighted by atomic mass is 16.7. The Morgan fingerprint density at radius 1 is 0.380 bits per heavy atom. The highest BCUT2D eigenvalue weighted by Crippen LogP contribution is 2.18. The first-order valence-corrected chi connectivity index (χ1v) is 34.1. The highest BCUT2D eigenvalue weighted by molar-refractivity contribution is 5.70. The Labute approximate surface area is 490 Å². The molecule has 0 radical (unpaired) electrons. The first-order chi connectivity index (χ1) is 38.6. The molecule has 0 aromatic rings. The smallest absolute Gasteiger partial charge is 0.306 e. The standard InChI is InChI=1S/C70H131NO8/c1-6-8-10-12-14-16-18-20-22-24-26-28-30-31-32-33-34-35-36-37-39-41-43-45-47-49-51-53-55-57-59-61-68(73)79-66(65-78-70(69(74)75)76-63-62-71(3,4)5)64-77-67(72)60-58-56-54-52-50-48-46-44-42-40-38-29-27-25-23-21-19-17-15-13-11-9-7-2/h18,20,24,26,30-31,66,70H,6-17,19,21-23,25,27-29,32-65H2,1-5H3/b20-18-,26-24-,31-30-. The maximum Gasteiger partial charge on any atom is 0.306 e. The third kappa shape index (κ3) is 63.0. The summed E-state index contributed by atoms with van der Waals surface area (Å²) in [5, 5.41) is 11.8. The van der Waals surface area contributed by atoms with E-state index in [9.17, 15) is 19.5 Å². The predicted octanol–water partition coefficient (Wildman–Crippen LogP) is 19.5. The molecule has 0 saturated heterocycles. The Hall–Kier alpha value is -2.49. The van der Waals surface area contributed by atoms with Crippen molar-refractivity contribution in [2.75, 3.05) is 47.5 Å². The van der Waals surface area contributed by atoms with E-state index in [4.69, 9.17) is 18.9 Å². The van der Waals surface area contributed by atoms with Crippen molar-refractivity contribution < 1.29 is 42.9 Å². The topological polar surface area (TPSA) is 111 Å². The third-order valence-corrected chi connectivity index (χ3v) is 15.4. The Kier molecular flexibility index (Phi) is 59.6. The Bertz CT molecular complexity index is 1390. The summed E-state index contributed by atoms with van der Waals surface area (Å²) in [6, 6.07) is 0. The maximum absolute atomic E-state index is 12.9. The largest absolute Gasteiger partial charge is 0.545 e. The molecule has 9 heteroatoms. The third-order valence-electron chi connectivity index (χ3n) is 15.4. The monoisotopic (exact) mass is 1110 g/mol. The number of quaternary nitrogens is 1. The number of allylic oxidation sites excluding steroid dienone is 6. The second kappa shape index (κ2) is 61.6. The van der Waals surface area contributed by atoms with E-state index in [2.05, 4.69) is 50.3 Å². The minimum atomic E-state index is -1.62. The van der Waals surface area contributed by atoms with E-state index < -0.39 is 24.3 Å². The van der Waals surface area contributed by atoms with E-state index in [0.717, 1.165) is 44.9 Å². The molecule has 2 unspecified atom stereocenters. The van der Waals surface area contributed by atoms with Gasteiger partial charge in [-0.15, -0.1) is 0 Å².